The van der Waals surface area contributed by atoms with Crippen LogP contribution in [0.2, 0.25) is 0 Å². The lowest BCUT2D eigenvalue weighted by Gasteiger charge is -2.16. The Hall–Kier alpha value is -2.48. The van der Waals surface area contributed by atoms with Crippen LogP contribution in [-0.4, -0.2) is 41.1 Å². The average Bonchev–Trinajstić information content (AvgIpc) is 3.31. The van der Waals surface area contributed by atoms with Gasteiger partial charge in [0.2, 0.25) is 11.9 Å². The summed E-state index contributed by atoms with van der Waals surface area (Å²) in [7, 11) is 1.52. The minimum atomic E-state index is -0.189. The number of thiophene rings is 1. The topological polar surface area (TPSA) is 80.2 Å². The molecule has 1 amide bonds. The van der Waals surface area contributed by atoms with Gasteiger partial charge in [0.1, 0.15) is 0 Å². The van der Waals surface area contributed by atoms with Crippen molar-refractivity contribution >= 4 is 29.3 Å². The van der Waals surface area contributed by atoms with Gasteiger partial charge in [0.15, 0.2) is 5.82 Å². The highest BCUT2D eigenvalue weighted by Crippen LogP contribution is 2.17. The Morgan fingerprint density at radius 2 is 2.21 bits per heavy atom. The summed E-state index contributed by atoms with van der Waals surface area (Å²) in [5, 5.41) is 4.75. The molecular weight excluding hydrogens is 326 g/mol. The first-order valence-corrected chi connectivity index (χ1v) is 8.66. The lowest BCUT2D eigenvalue weighted by Crippen LogP contribution is -2.25. The first-order valence-electron chi connectivity index (χ1n) is 7.78. The van der Waals surface area contributed by atoms with Crippen LogP contribution < -0.4 is 15.0 Å². The van der Waals surface area contributed by atoms with Crippen LogP contribution >= 0.6 is 11.3 Å². The summed E-state index contributed by atoms with van der Waals surface area (Å²) >= 11 is 1.58. The second-order valence-corrected chi connectivity index (χ2v) is 6.28. The molecule has 1 saturated heterocycles. The Bertz CT molecular complexity index is 711. The number of amides is 1. The van der Waals surface area contributed by atoms with Crippen molar-refractivity contribution in [2.45, 2.75) is 19.4 Å². The molecule has 3 heterocycles. The average molecular weight is 345 g/mol. The number of ether oxygens (including phenoxy) is 1. The molecule has 7 nitrogen and oxygen atoms in total. The van der Waals surface area contributed by atoms with Crippen molar-refractivity contribution in [2.24, 2.45) is 0 Å². The molecule has 0 bridgehead atoms. The summed E-state index contributed by atoms with van der Waals surface area (Å²) in [4.78, 5) is 28.0. The molecule has 126 valence electrons. The summed E-state index contributed by atoms with van der Waals surface area (Å²) in [6.07, 6.45) is 5.55. The van der Waals surface area contributed by atoms with Gasteiger partial charge < -0.3 is 15.0 Å². The van der Waals surface area contributed by atoms with Gasteiger partial charge in [-0.3, -0.25) is 4.79 Å². The van der Waals surface area contributed by atoms with E-state index in [1.54, 1.807) is 17.4 Å². The molecule has 2 aromatic heterocycles. The summed E-state index contributed by atoms with van der Waals surface area (Å²) in [6.45, 7) is 2.10. The van der Waals surface area contributed by atoms with E-state index in [1.807, 2.05) is 17.5 Å². The van der Waals surface area contributed by atoms with Gasteiger partial charge in [-0.2, -0.15) is 15.0 Å². The molecule has 1 N–H and O–H groups in total. The fraction of sp³-hybridized carbons (Fsp3) is 0.375. The predicted octanol–water partition coefficient (Wildman–Crippen LogP) is 1.87. The second-order valence-electron chi connectivity index (χ2n) is 5.30. The zero-order valence-electron chi connectivity index (χ0n) is 13.4. The van der Waals surface area contributed by atoms with Crippen molar-refractivity contribution in [3.05, 3.63) is 34.3 Å². The summed E-state index contributed by atoms with van der Waals surface area (Å²) in [5.74, 6) is 0.907. The van der Waals surface area contributed by atoms with Gasteiger partial charge in [-0.1, -0.05) is 6.07 Å². The molecule has 0 atom stereocenters. The molecular formula is C16H19N5O2S. The molecule has 3 rings (SSSR count). The number of anilines is 1. The lowest BCUT2D eigenvalue weighted by atomic mass is 10.4. The van der Waals surface area contributed by atoms with Gasteiger partial charge in [0.25, 0.3) is 0 Å². The van der Waals surface area contributed by atoms with E-state index in [4.69, 9.17) is 4.74 Å². The maximum atomic E-state index is 11.9. The number of carbonyl (C=O) groups excluding carboxylic acids is 1. The van der Waals surface area contributed by atoms with Gasteiger partial charge >= 0.3 is 6.01 Å². The predicted molar refractivity (Wildman–Crippen MR) is 93.0 cm³/mol. The number of aromatic nitrogens is 3. The minimum Gasteiger partial charge on any atom is -0.467 e. The van der Waals surface area contributed by atoms with Gasteiger partial charge in [-0.05, 0) is 30.4 Å². The van der Waals surface area contributed by atoms with E-state index < -0.39 is 0 Å². The first kappa shape index (κ1) is 16.4. The summed E-state index contributed by atoms with van der Waals surface area (Å²) in [6, 6.07) is 4.16. The fourth-order valence-corrected chi connectivity index (χ4v) is 3.00. The van der Waals surface area contributed by atoms with Crippen molar-refractivity contribution in [1.82, 2.24) is 20.3 Å². The SMILES string of the molecule is COc1nc(CNC(=O)C=Cc2cccs2)nc(N2CCCC2)n1. The molecule has 0 aliphatic carbocycles. The molecule has 1 aliphatic rings. The lowest BCUT2D eigenvalue weighted by molar-refractivity contribution is -0.116. The Kier molecular flexibility index (Phi) is 5.37. The Morgan fingerprint density at radius 3 is 2.92 bits per heavy atom. The van der Waals surface area contributed by atoms with Crippen LogP contribution in [0.15, 0.2) is 23.6 Å². The van der Waals surface area contributed by atoms with E-state index in [-0.39, 0.29) is 18.5 Å². The van der Waals surface area contributed by atoms with Crippen LogP contribution in [0.3, 0.4) is 0 Å². The number of rotatable bonds is 6. The van der Waals surface area contributed by atoms with E-state index in [0.29, 0.717) is 11.8 Å². The molecule has 0 saturated carbocycles. The number of carbonyl (C=O) groups is 1. The highest BCUT2D eigenvalue weighted by atomic mass is 32.1. The maximum Gasteiger partial charge on any atom is 0.321 e. The Labute approximate surface area is 144 Å². The van der Waals surface area contributed by atoms with E-state index in [1.165, 1.54) is 13.2 Å². The molecule has 24 heavy (non-hydrogen) atoms. The molecule has 1 fully saturated rings. The number of hydrogen-bond acceptors (Lipinski definition) is 7. The van der Waals surface area contributed by atoms with E-state index in [2.05, 4.69) is 25.2 Å². The fourth-order valence-electron chi connectivity index (χ4n) is 2.38. The number of nitrogens with one attached hydrogen (secondary N) is 1. The highest BCUT2D eigenvalue weighted by molar-refractivity contribution is 7.10. The van der Waals surface area contributed by atoms with Crippen LogP contribution in [0.4, 0.5) is 5.95 Å². The number of methoxy groups -OCH3 is 1. The van der Waals surface area contributed by atoms with E-state index >= 15 is 0 Å². The zero-order chi connectivity index (χ0) is 16.8. The molecule has 0 spiro atoms. The molecule has 1 aliphatic heterocycles. The van der Waals surface area contributed by atoms with Gasteiger partial charge in [-0.25, -0.2) is 0 Å². The Balaban J connectivity index is 1.63. The monoisotopic (exact) mass is 345 g/mol. The molecule has 0 unspecified atom stereocenters. The van der Waals surface area contributed by atoms with Gasteiger partial charge in [-0.15, -0.1) is 11.3 Å². The van der Waals surface area contributed by atoms with Crippen LogP contribution in [-0.2, 0) is 11.3 Å². The number of hydrogen-bond donors (Lipinski definition) is 1. The van der Waals surface area contributed by atoms with Gasteiger partial charge in [0, 0.05) is 24.0 Å². The second kappa shape index (κ2) is 7.87. The third-order valence-electron chi connectivity index (χ3n) is 3.58. The minimum absolute atomic E-state index is 0.189. The highest BCUT2D eigenvalue weighted by Gasteiger charge is 2.17. The third kappa shape index (κ3) is 4.29. The Morgan fingerprint density at radius 1 is 1.38 bits per heavy atom. The zero-order valence-corrected chi connectivity index (χ0v) is 14.3. The van der Waals surface area contributed by atoms with Crippen LogP contribution in [0.25, 0.3) is 6.08 Å². The third-order valence-corrected chi connectivity index (χ3v) is 4.42. The van der Waals surface area contributed by atoms with Crippen LogP contribution in [0, 0.1) is 0 Å². The van der Waals surface area contributed by atoms with Crippen LogP contribution in [0.1, 0.15) is 23.5 Å². The summed E-state index contributed by atoms with van der Waals surface area (Å²) < 4.78 is 5.14. The molecule has 2 aromatic rings. The van der Waals surface area contributed by atoms with Crippen molar-refractivity contribution in [2.75, 3.05) is 25.1 Å². The van der Waals surface area contributed by atoms with Gasteiger partial charge in [0.05, 0.1) is 13.7 Å². The van der Waals surface area contributed by atoms with E-state index in [9.17, 15) is 4.79 Å². The van der Waals surface area contributed by atoms with Crippen molar-refractivity contribution in [3.63, 3.8) is 0 Å². The standard InChI is InChI=1S/C16H19N5O2S/c1-23-16-19-13(18-15(20-16)21-8-2-3-9-21)11-17-14(22)7-6-12-5-4-10-24-12/h4-7,10H,2-3,8-9,11H2,1H3,(H,17,22). The molecule has 0 radical (unpaired) electrons. The van der Waals surface area contributed by atoms with Crippen LogP contribution in [0.5, 0.6) is 6.01 Å². The summed E-state index contributed by atoms with van der Waals surface area (Å²) in [5.41, 5.74) is 0. The smallest absolute Gasteiger partial charge is 0.321 e. The maximum absolute atomic E-state index is 11.9. The quantitative estimate of drug-likeness (QED) is 0.805. The van der Waals surface area contributed by atoms with Crippen molar-refractivity contribution in [3.8, 4) is 6.01 Å². The van der Waals surface area contributed by atoms with Crippen molar-refractivity contribution in [1.29, 1.82) is 0 Å². The molecule has 0 aromatic carbocycles. The largest absolute Gasteiger partial charge is 0.467 e. The van der Waals surface area contributed by atoms with Crippen molar-refractivity contribution < 1.29 is 9.53 Å². The number of nitrogens with zero attached hydrogens (tertiary/aromatic N) is 4. The molecule has 8 heteroatoms. The van der Waals surface area contributed by atoms with E-state index in [0.717, 1.165) is 30.8 Å². The first-order chi connectivity index (χ1) is 11.7. The normalized spacial score (nSPS) is 14.3.